The third-order valence-electron chi connectivity index (χ3n) is 3.88. The molecule has 1 aromatic heterocycles. The van der Waals surface area contributed by atoms with Gasteiger partial charge in [0, 0.05) is 12.8 Å². The van der Waals surface area contributed by atoms with Gasteiger partial charge in [-0.25, -0.2) is 0 Å². The Kier molecular flexibility index (Phi) is 4.19. The van der Waals surface area contributed by atoms with E-state index in [1.807, 2.05) is 18.2 Å². The molecule has 1 aliphatic rings. The van der Waals surface area contributed by atoms with Gasteiger partial charge >= 0.3 is 0 Å². The lowest BCUT2D eigenvalue weighted by atomic mass is 9.93. The molecule has 2 atom stereocenters. The number of aliphatic hydroxyl groups excluding tert-OH is 1. The summed E-state index contributed by atoms with van der Waals surface area (Å²) in [6.45, 7) is 0.743. The molecular weight excluding hydrogens is 252 g/mol. The average Bonchev–Trinajstić information content (AvgIpc) is 2.99. The van der Waals surface area contributed by atoms with Crippen LogP contribution in [0.3, 0.4) is 0 Å². The number of benzene rings is 1. The van der Waals surface area contributed by atoms with E-state index in [-0.39, 0.29) is 12.2 Å². The van der Waals surface area contributed by atoms with Gasteiger partial charge in [-0.1, -0.05) is 24.3 Å². The molecule has 1 aromatic carbocycles. The fraction of sp³-hybridized carbons (Fsp3) is 0.412. The summed E-state index contributed by atoms with van der Waals surface area (Å²) in [6.07, 6.45) is 4.41. The number of hydrogen-bond donors (Lipinski definition) is 1. The number of hydrogen-bond acceptors (Lipinski definition) is 3. The minimum atomic E-state index is -0.365. The summed E-state index contributed by atoms with van der Waals surface area (Å²) in [7, 11) is 0. The smallest absolute Gasteiger partial charge is 0.103 e. The van der Waals surface area contributed by atoms with Gasteiger partial charge in [0.15, 0.2) is 0 Å². The zero-order valence-electron chi connectivity index (χ0n) is 11.5. The van der Waals surface area contributed by atoms with Crippen LogP contribution in [0.2, 0.25) is 0 Å². The maximum Gasteiger partial charge on any atom is 0.103 e. The summed E-state index contributed by atoms with van der Waals surface area (Å²) in [6, 6.07) is 12.2. The van der Waals surface area contributed by atoms with Gasteiger partial charge in [-0.2, -0.15) is 0 Å². The lowest BCUT2D eigenvalue weighted by Gasteiger charge is -2.27. The van der Waals surface area contributed by atoms with Crippen LogP contribution in [0.5, 0.6) is 0 Å². The first-order valence-electron chi connectivity index (χ1n) is 7.23. The second kappa shape index (κ2) is 6.25. The molecule has 0 aliphatic carbocycles. The van der Waals surface area contributed by atoms with Gasteiger partial charge in [-0.05, 0) is 36.1 Å². The van der Waals surface area contributed by atoms with Crippen LogP contribution < -0.4 is 0 Å². The Balaban J connectivity index is 1.58. The van der Waals surface area contributed by atoms with Crippen molar-refractivity contribution < 1.29 is 14.3 Å². The first-order chi connectivity index (χ1) is 9.83. The lowest BCUT2D eigenvalue weighted by molar-refractivity contribution is 0.00237. The lowest BCUT2D eigenvalue weighted by Crippen LogP contribution is -2.21. The van der Waals surface area contributed by atoms with E-state index < -0.39 is 0 Å². The Morgan fingerprint density at radius 3 is 2.95 bits per heavy atom. The molecule has 1 N–H and O–H groups in total. The molecule has 1 aliphatic heterocycles. The van der Waals surface area contributed by atoms with Crippen LogP contribution in [-0.2, 0) is 17.6 Å². The Morgan fingerprint density at radius 2 is 2.10 bits per heavy atom. The highest BCUT2D eigenvalue weighted by Crippen LogP contribution is 2.31. The molecule has 106 valence electrons. The molecule has 0 bridgehead atoms. The quantitative estimate of drug-likeness (QED) is 0.908. The van der Waals surface area contributed by atoms with Crippen molar-refractivity contribution in [2.45, 2.75) is 37.9 Å². The molecule has 0 amide bonds. The molecule has 20 heavy (non-hydrogen) atoms. The first kappa shape index (κ1) is 13.4. The largest absolute Gasteiger partial charge is 0.469 e. The van der Waals surface area contributed by atoms with Crippen LogP contribution in [0.15, 0.2) is 47.1 Å². The van der Waals surface area contributed by atoms with Gasteiger partial charge < -0.3 is 14.3 Å². The summed E-state index contributed by atoms with van der Waals surface area (Å²) < 4.78 is 11.1. The van der Waals surface area contributed by atoms with Gasteiger partial charge in [0.2, 0.25) is 0 Å². The van der Waals surface area contributed by atoms with E-state index >= 15 is 0 Å². The molecule has 0 fully saturated rings. The third-order valence-corrected chi connectivity index (χ3v) is 3.88. The number of furan rings is 1. The summed E-state index contributed by atoms with van der Waals surface area (Å²) in [5.41, 5.74) is 2.58. The van der Waals surface area contributed by atoms with Crippen molar-refractivity contribution in [1.29, 1.82) is 0 Å². The van der Waals surface area contributed by atoms with Crippen molar-refractivity contribution in [2.24, 2.45) is 0 Å². The normalized spacial score (nSPS) is 19.6. The zero-order valence-corrected chi connectivity index (χ0v) is 11.5. The van der Waals surface area contributed by atoms with Gasteiger partial charge in [0.1, 0.15) is 5.76 Å². The maximum absolute atomic E-state index is 10.2. The maximum atomic E-state index is 10.2. The third kappa shape index (κ3) is 3.11. The Hall–Kier alpha value is -1.58. The van der Waals surface area contributed by atoms with Gasteiger partial charge in [-0.3, -0.25) is 0 Å². The van der Waals surface area contributed by atoms with Gasteiger partial charge in [0.25, 0.3) is 0 Å². The van der Waals surface area contributed by atoms with Crippen molar-refractivity contribution in [3.05, 3.63) is 59.5 Å². The number of aryl methyl sites for hydroxylation is 1. The monoisotopic (exact) mass is 272 g/mol. The predicted molar refractivity (Wildman–Crippen MR) is 76.5 cm³/mol. The van der Waals surface area contributed by atoms with E-state index in [4.69, 9.17) is 9.15 Å². The van der Waals surface area contributed by atoms with Crippen LogP contribution in [-0.4, -0.2) is 17.8 Å². The minimum absolute atomic E-state index is 0.0200. The van der Waals surface area contributed by atoms with Crippen LogP contribution in [0.4, 0.5) is 0 Å². The Labute approximate surface area is 119 Å². The summed E-state index contributed by atoms with van der Waals surface area (Å²) in [5, 5.41) is 10.2. The number of ether oxygens (including phenoxy) is 1. The molecule has 2 heterocycles. The second-order valence-corrected chi connectivity index (χ2v) is 5.32. The van der Waals surface area contributed by atoms with Crippen molar-refractivity contribution >= 4 is 0 Å². The summed E-state index contributed by atoms with van der Waals surface area (Å²) in [4.78, 5) is 0. The molecule has 0 spiro atoms. The van der Waals surface area contributed by atoms with E-state index in [0.717, 1.165) is 25.2 Å². The van der Waals surface area contributed by atoms with E-state index in [9.17, 15) is 5.11 Å². The van der Waals surface area contributed by atoms with Crippen LogP contribution in [0.1, 0.15) is 35.8 Å². The van der Waals surface area contributed by atoms with E-state index in [1.165, 1.54) is 11.1 Å². The van der Waals surface area contributed by atoms with Gasteiger partial charge in [-0.15, -0.1) is 0 Å². The molecule has 3 rings (SSSR count). The standard InChI is InChI=1S/C17H20O3/c18-14(7-8-15-5-3-10-19-15)12-17-16-6-2-1-4-13(16)9-11-20-17/h1-6,10,14,17-18H,7-9,11-12H2. The summed E-state index contributed by atoms with van der Waals surface area (Å²) >= 11 is 0. The molecule has 2 aromatic rings. The molecular formula is C17H20O3. The number of aliphatic hydroxyl groups is 1. The first-order valence-corrected chi connectivity index (χ1v) is 7.23. The molecule has 3 heteroatoms. The molecule has 3 nitrogen and oxygen atoms in total. The van der Waals surface area contributed by atoms with Gasteiger partial charge in [0.05, 0.1) is 25.1 Å². The molecule has 0 radical (unpaired) electrons. The van der Waals surface area contributed by atoms with Crippen LogP contribution in [0.25, 0.3) is 0 Å². The Bertz CT molecular complexity index is 533. The fourth-order valence-electron chi connectivity index (χ4n) is 2.80. The minimum Gasteiger partial charge on any atom is -0.469 e. The van der Waals surface area contributed by atoms with E-state index in [0.29, 0.717) is 12.8 Å². The Morgan fingerprint density at radius 1 is 1.20 bits per heavy atom. The predicted octanol–water partition coefficient (Wildman–Crippen LogP) is 3.28. The average molecular weight is 272 g/mol. The van der Waals surface area contributed by atoms with E-state index in [1.54, 1.807) is 6.26 Å². The van der Waals surface area contributed by atoms with Crippen molar-refractivity contribution in [3.63, 3.8) is 0 Å². The van der Waals surface area contributed by atoms with Crippen LogP contribution in [0, 0.1) is 0 Å². The second-order valence-electron chi connectivity index (χ2n) is 5.32. The van der Waals surface area contributed by atoms with Crippen molar-refractivity contribution in [2.75, 3.05) is 6.61 Å². The van der Waals surface area contributed by atoms with Crippen LogP contribution >= 0.6 is 0 Å². The molecule has 0 saturated heterocycles. The highest BCUT2D eigenvalue weighted by Gasteiger charge is 2.23. The fourth-order valence-corrected chi connectivity index (χ4v) is 2.80. The number of rotatable bonds is 5. The van der Waals surface area contributed by atoms with Crippen molar-refractivity contribution in [3.8, 4) is 0 Å². The van der Waals surface area contributed by atoms with Crippen molar-refractivity contribution in [1.82, 2.24) is 0 Å². The SMILES string of the molecule is OC(CCc1ccco1)CC1OCCc2ccccc21. The molecule has 2 unspecified atom stereocenters. The van der Waals surface area contributed by atoms with E-state index in [2.05, 4.69) is 18.2 Å². The topological polar surface area (TPSA) is 42.6 Å². The zero-order chi connectivity index (χ0) is 13.8. The highest BCUT2D eigenvalue weighted by atomic mass is 16.5. The highest BCUT2D eigenvalue weighted by molar-refractivity contribution is 5.30. The molecule has 0 saturated carbocycles. The summed E-state index contributed by atoms with van der Waals surface area (Å²) in [5.74, 6) is 0.925. The number of fused-ring (bicyclic) bond motifs is 1.